The smallest absolute Gasteiger partial charge is 0.337 e. The van der Waals surface area contributed by atoms with Crippen molar-refractivity contribution in [1.29, 1.82) is 0 Å². The number of rotatable bonds is 4. The molecule has 1 aromatic rings. The molecule has 0 unspecified atom stereocenters. The highest BCUT2D eigenvalue weighted by molar-refractivity contribution is 5.94. The zero-order valence-electron chi connectivity index (χ0n) is 10.6. The molecule has 1 aromatic carbocycles. The molecular formula is C13H20N2O2. The summed E-state index contributed by atoms with van der Waals surface area (Å²) in [6.07, 6.45) is 1.04. The second kappa shape index (κ2) is 5.08. The average Bonchev–Trinajstić information content (AvgIpc) is 2.15. The van der Waals surface area contributed by atoms with Crippen molar-refractivity contribution in [2.24, 2.45) is 5.41 Å². The first-order valence-corrected chi connectivity index (χ1v) is 5.66. The summed E-state index contributed by atoms with van der Waals surface area (Å²) in [7, 11) is 0. The summed E-state index contributed by atoms with van der Waals surface area (Å²) in [5.41, 5.74) is 7.23. The van der Waals surface area contributed by atoms with Crippen molar-refractivity contribution in [3.05, 3.63) is 23.8 Å². The van der Waals surface area contributed by atoms with Crippen molar-refractivity contribution in [1.82, 2.24) is 0 Å². The number of nitrogens with one attached hydrogen (secondary N) is 1. The van der Waals surface area contributed by atoms with Gasteiger partial charge in [-0.3, -0.25) is 0 Å². The van der Waals surface area contributed by atoms with Crippen LogP contribution in [0.5, 0.6) is 0 Å². The Bertz CT molecular complexity index is 408. The number of carbonyl (C=O) groups is 1. The van der Waals surface area contributed by atoms with Crippen molar-refractivity contribution in [3.8, 4) is 0 Å². The molecule has 0 aliphatic rings. The van der Waals surface area contributed by atoms with Crippen molar-refractivity contribution in [2.75, 3.05) is 17.6 Å². The first kappa shape index (κ1) is 13.4. The van der Waals surface area contributed by atoms with Gasteiger partial charge in [-0.15, -0.1) is 0 Å². The van der Waals surface area contributed by atoms with E-state index in [1.54, 1.807) is 12.1 Å². The molecule has 4 nitrogen and oxygen atoms in total. The number of nitrogen functional groups attached to an aromatic ring is 1. The van der Waals surface area contributed by atoms with E-state index in [0.717, 1.165) is 18.7 Å². The number of carboxylic acid groups (broad SMARTS) is 1. The molecule has 0 atom stereocenters. The molecule has 0 saturated heterocycles. The third-order valence-electron chi connectivity index (χ3n) is 2.49. The van der Waals surface area contributed by atoms with Crippen LogP contribution in [-0.4, -0.2) is 17.6 Å². The molecule has 0 aromatic heterocycles. The summed E-state index contributed by atoms with van der Waals surface area (Å²) in [5.74, 6) is -0.997. The first-order valence-electron chi connectivity index (χ1n) is 5.66. The van der Waals surface area contributed by atoms with Gasteiger partial charge in [0.25, 0.3) is 0 Å². The molecule has 4 N–H and O–H groups in total. The number of carboxylic acids is 1. The number of hydrogen-bond donors (Lipinski definition) is 3. The Morgan fingerprint density at radius 1 is 1.41 bits per heavy atom. The Labute approximate surface area is 102 Å². The van der Waals surface area contributed by atoms with Gasteiger partial charge in [0.05, 0.1) is 5.56 Å². The van der Waals surface area contributed by atoms with Crippen LogP contribution < -0.4 is 11.1 Å². The van der Waals surface area contributed by atoms with Crippen LogP contribution in [0.3, 0.4) is 0 Å². The van der Waals surface area contributed by atoms with E-state index in [1.807, 2.05) is 0 Å². The standard InChI is InChI=1S/C13H20N2O2/c1-13(2,3)6-7-15-9-4-5-10(12(16)17)11(14)8-9/h4-5,8,15H,6-7,14H2,1-3H3,(H,16,17). The molecule has 94 valence electrons. The van der Waals surface area contributed by atoms with Crippen molar-refractivity contribution >= 4 is 17.3 Å². The van der Waals surface area contributed by atoms with Gasteiger partial charge in [0.1, 0.15) is 0 Å². The molecule has 1 rings (SSSR count). The Hall–Kier alpha value is -1.71. The quantitative estimate of drug-likeness (QED) is 0.703. The van der Waals surface area contributed by atoms with Crippen LogP contribution in [0.2, 0.25) is 0 Å². The van der Waals surface area contributed by atoms with Gasteiger partial charge in [-0.05, 0) is 30.0 Å². The van der Waals surface area contributed by atoms with Crippen LogP contribution in [0.1, 0.15) is 37.6 Å². The van der Waals surface area contributed by atoms with Crippen molar-refractivity contribution in [3.63, 3.8) is 0 Å². The van der Waals surface area contributed by atoms with Crippen molar-refractivity contribution < 1.29 is 9.90 Å². The van der Waals surface area contributed by atoms with Gasteiger partial charge in [0.2, 0.25) is 0 Å². The van der Waals surface area contributed by atoms with Gasteiger partial charge in [0, 0.05) is 17.9 Å². The second-order valence-electron chi connectivity index (χ2n) is 5.34. The van der Waals surface area contributed by atoms with E-state index in [2.05, 4.69) is 26.1 Å². The van der Waals surface area contributed by atoms with E-state index in [9.17, 15) is 4.79 Å². The minimum absolute atomic E-state index is 0.145. The van der Waals surface area contributed by atoms with Gasteiger partial charge >= 0.3 is 5.97 Å². The zero-order chi connectivity index (χ0) is 13.1. The maximum absolute atomic E-state index is 10.8. The van der Waals surface area contributed by atoms with Gasteiger partial charge in [-0.1, -0.05) is 20.8 Å². The van der Waals surface area contributed by atoms with Gasteiger partial charge < -0.3 is 16.2 Å². The maximum Gasteiger partial charge on any atom is 0.337 e. The van der Waals surface area contributed by atoms with E-state index >= 15 is 0 Å². The molecule has 0 aliphatic heterocycles. The normalized spacial score (nSPS) is 11.2. The number of benzene rings is 1. The topological polar surface area (TPSA) is 75.3 Å². The number of anilines is 2. The summed E-state index contributed by atoms with van der Waals surface area (Å²) in [6, 6.07) is 4.92. The molecule has 0 saturated carbocycles. The third kappa shape index (κ3) is 4.34. The molecule has 0 fully saturated rings. The number of aromatic carboxylic acids is 1. The first-order chi connectivity index (χ1) is 7.79. The van der Waals surface area contributed by atoms with Crippen LogP contribution in [-0.2, 0) is 0 Å². The molecule has 0 amide bonds. The van der Waals surface area contributed by atoms with Crippen LogP contribution in [0.4, 0.5) is 11.4 Å². The Kier molecular flexibility index (Phi) is 3.99. The average molecular weight is 236 g/mol. The summed E-state index contributed by atoms with van der Waals surface area (Å²) >= 11 is 0. The number of nitrogens with two attached hydrogens (primary N) is 1. The fraction of sp³-hybridized carbons (Fsp3) is 0.462. The van der Waals surface area contributed by atoms with Crippen LogP contribution >= 0.6 is 0 Å². The molecule has 0 radical (unpaired) electrons. The molecule has 4 heteroatoms. The lowest BCUT2D eigenvalue weighted by molar-refractivity contribution is 0.0698. The van der Waals surface area contributed by atoms with Crippen molar-refractivity contribution in [2.45, 2.75) is 27.2 Å². The molecule has 17 heavy (non-hydrogen) atoms. The van der Waals surface area contributed by atoms with Gasteiger partial charge in [-0.2, -0.15) is 0 Å². The van der Waals surface area contributed by atoms with E-state index in [4.69, 9.17) is 10.8 Å². The molecule has 0 heterocycles. The molecule has 0 bridgehead atoms. The summed E-state index contributed by atoms with van der Waals surface area (Å²) in [5, 5.41) is 12.1. The Morgan fingerprint density at radius 3 is 2.53 bits per heavy atom. The highest BCUT2D eigenvalue weighted by Gasteiger charge is 2.10. The summed E-state index contributed by atoms with van der Waals surface area (Å²) < 4.78 is 0. The van der Waals surface area contributed by atoms with E-state index < -0.39 is 5.97 Å². The van der Waals surface area contributed by atoms with E-state index in [1.165, 1.54) is 6.07 Å². The number of hydrogen-bond acceptors (Lipinski definition) is 3. The Morgan fingerprint density at radius 2 is 2.06 bits per heavy atom. The minimum Gasteiger partial charge on any atom is -0.478 e. The predicted molar refractivity (Wildman–Crippen MR) is 70.4 cm³/mol. The fourth-order valence-electron chi connectivity index (χ4n) is 1.45. The third-order valence-corrected chi connectivity index (χ3v) is 2.49. The lowest BCUT2D eigenvalue weighted by Crippen LogP contribution is -2.13. The zero-order valence-corrected chi connectivity index (χ0v) is 10.6. The van der Waals surface area contributed by atoms with Crippen LogP contribution in [0.25, 0.3) is 0 Å². The SMILES string of the molecule is CC(C)(C)CCNc1ccc(C(=O)O)c(N)c1. The van der Waals surface area contributed by atoms with Crippen LogP contribution in [0.15, 0.2) is 18.2 Å². The summed E-state index contributed by atoms with van der Waals surface area (Å²) in [4.78, 5) is 10.8. The predicted octanol–water partition coefficient (Wildman–Crippen LogP) is 2.82. The van der Waals surface area contributed by atoms with E-state index in [-0.39, 0.29) is 11.0 Å². The molecule has 0 spiro atoms. The highest BCUT2D eigenvalue weighted by atomic mass is 16.4. The fourth-order valence-corrected chi connectivity index (χ4v) is 1.45. The second-order valence-corrected chi connectivity index (χ2v) is 5.34. The Balaban J connectivity index is 2.62. The minimum atomic E-state index is -0.997. The van der Waals surface area contributed by atoms with Gasteiger partial charge in [-0.25, -0.2) is 4.79 Å². The summed E-state index contributed by atoms with van der Waals surface area (Å²) in [6.45, 7) is 7.37. The monoisotopic (exact) mass is 236 g/mol. The lowest BCUT2D eigenvalue weighted by Gasteiger charge is -2.18. The van der Waals surface area contributed by atoms with E-state index in [0.29, 0.717) is 5.69 Å². The van der Waals surface area contributed by atoms with Crippen LogP contribution in [0, 0.1) is 5.41 Å². The largest absolute Gasteiger partial charge is 0.478 e. The molecule has 0 aliphatic carbocycles. The van der Waals surface area contributed by atoms with Gasteiger partial charge in [0.15, 0.2) is 0 Å². The maximum atomic E-state index is 10.8. The lowest BCUT2D eigenvalue weighted by atomic mass is 9.92. The molecular weight excluding hydrogens is 216 g/mol. The highest BCUT2D eigenvalue weighted by Crippen LogP contribution is 2.21.